The molecule has 1 aromatic carbocycles. The first-order valence-electron chi connectivity index (χ1n) is 7.82. The first-order valence-corrected chi connectivity index (χ1v) is 8.62. The molecule has 6 nitrogen and oxygen atoms in total. The number of furan rings is 1. The van der Waals surface area contributed by atoms with Gasteiger partial charge in [-0.25, -0.2) is 5.43 Å². The van der Waals surface area contributed by atoms with E-state index in [1.807, 2.05) is 32.9 Å². The normalized spacial score (nSPS) is 12.4. The Bertz CT molecular complexity index is 766. The second kappa shape index (κ2) is 8.62. The molecule has 1 heterocycles. The van der Waals surface area contributed by atoms with Crippen LogP contribution in [0.5, 0.6) is 0 Å². The first kappa shape index (κ1) is 18.9. The number of amides is 2. The van der Waals surface area contributed by atoms with Gasteiger partial charge in [0.05, 0.1) is 6.21 Å². The lowest BCUT2D eigenvalue weighted by Gasteiger charge is -2.20. The van der Waals surface area contributed by atoms with Crippen LogP contribution in [-0.2, 0) is 4.79 Å². The zero-order valence-corrected chi connectivity index (χ0v) is 15.8. The van der Waals surface area contributed by atoms with Crippen LogP contribution in [0.25, 0.3) is 0 Å². The highest BCUT2D eigenvalue weighted by atomic mass is 79.9. The molecule has 0 fully saturated rings. The smallest absolute Gasteiger partial charge is 0.262 e. The fraction of sp³-hybridized carbons (Fsp3) is 0.278. The Balaban J connectivity index is 1.99. The fourth-order valence-electron chi connectivity index (χ4n) is 2.09. The average Bonchev–Trinajstić information content (AvgIpc) is 2.98. The number of benzene rings is 1. The Kier molecular flexibility index (Phi) is 6.52. The van der Waals surface area contributed by atoms with Crippen LogP contribution >= 0.6 is 15.9 Å². The van der Waals surface area contributed by atoms with Gasteiger partial charge in [0, 0.05) is 5.56 Å². The second-order valence-corrected chi connectivity index (χ2v) is 6.72. The number of carbonyl (C=O) groups excluding carboxylic acids is 2. The lowest BCUT2D eigenvalue weighted by Crippen LogP contribution is -2.48. The highest BCUT2D eigenvalue weighted by molar-refractivity contribution is 9.10. The van der Waals surface area contributed by atoms with Crippen molar-refractivity contribution < 1.29 is 14.0 Å². The predicted molar refractivity (Wildman–Crippen MR) is 99.4 cm³/mol. The van der Waals surface area contributed by atoms with Gasteiger partial charge in [-0.3, -0.25) is 9.59 Å². The molecule has 132 valence electrons. The quantitative estimate of drug-likeness (QED) is 0.571. The summed E-state index contributed by atoms with van der Waals surface area (Å²) in [6, 6.07) is 9.89. The summed E-state index contributed by atoms with van der Waals surface area (Å²) in [6.45, 7) is 5.65. The van der Waals surface area contributed by atoms with Gasteiger partial charge >= 0.3 is 0 Å². The third-order valence-electron chi connectivity index (χ3n) is 3.51. The second-order valence-electron chi connectivity index (χ2n) is 5.94. The van der Waals surface area contributed by atoms with Crippen molar-refractivity contribution in [1.82, 2.24) is 10.7 Å². The largest absolute Gasteiger partial charge is 0.448 e. The van der Waals surface area contributed by atoms with E-state index in [4.69, 9.17) is 4.42 Å². The minimum absolute atomic E-state index is 0.0950. The van der Waals surface area contributed by atoms with Gasteiger partial charge in [0.15, 0.2) is 4.67 Å². The summed E-state index contributed by atoms with van der Waals surface area (Å²) in [4.78, 5) is 24.6. The van der Waals surface area contributed by atoms with Crippen molar-refractivity contribution in [2.45, 2.75) is 26.8 Å². The number of carbonyl (C=O) groups is 2. The van der Waals surface area contributed by atoms with Gasteiger partial charge < -0.3 is 9.73 Å². The van der Waals surface area contributed by atoms with Crippen LogP contribution in [0.4, 0.5) is 0 Å². The Hall–Kier alpha value is -2.41. The molecule has 7 heteroatoms. The lowest BCUT2D eigenvalue weighted by molar-refractivity contribution is -0.123. The van der Waals surface area contributed by atoms with Crippen LogP contribution in [0.15, 0.2) is 50.6 Å². The zero-order valence-electron chi connectivity index (χ0n) is 14.2. The van der Waals surface area contributed by atoms with Crippen molar-refractivity contribution in [2.24, 2.45) is 11.0 Å². The molecule has 0 spiro atoms. The van der Waals surface area contributed by atoms with E-state index < -0.39 is 11.9 Å². The minimum Gasteiger partial charge on any atom is -0.448 e. The Morgan fingerprint density at radius 2 is 1.84 bits per heavy atom. The van der Waals surface area contributed by atoms with Gasteiger partial charge in [-0.1, -0.05) is 31.5 Å². The van der Waals surface area contributed by atoms with Gasteiger partial charge in [0.25, 0.3) is 11.8 Å². The van der Waals surface area contributed by atoms with Crippen molar-refractivity contribution in [2.75, 3.05) is 0 Å². The van der Waals surface area contributed by atoms with Gasteiger partial charge in [-0.15, -0.1) is 0 Å². The minimum atomic E-state index is -0.700. The average molecular weight is 406 g/mol. The van der Waals surface area contributed by atoms with Crippen molar-refractivity contribution in [1.29, 1.82) is 0 Å². The van der Waals surface area contributed by atoms with Crippen molar-refractivity contribution in [3.63, 3.8) is 0 Å². The molecule has 2 aromatic rings. The van der Waals surface area contributed by atoms with Crippen molar-refractivity contribution in [3.8, 4) is 0 Å². The van der Waals surface area contributed by atoms with E-state index in [9.17, 15) is 9.59 Å². The topological polar surface area (TPSA) is 83.7 Å². The van der Waals surface area contributed by atoms with E-state index in [-0.39, 0.29) is 11.8 Å². The number of hydrogen-bond donors (Lipinski definition) is 2. The van der Waals surface area contributed by atoms with E-state index in [1.54, 1.807) is 24.3 Å². The van der Waals surface area contributed by atoms with Crippen LogP contribution in [0.3, 0.4) is 0 Å². The van der Waals surface area contributed by atoms with E-state index in [0.717, 1.165) is 5.56 Å². The number of nitrogens with one attached hydrogen (secondary N) is 2. The predicted octanol–water partition coefficient (Wildman–Crippen LogP) is 3.26. The van der Waals surface area contributed by atoms with E-state index in [1.165, 1.54) is 6.21 Å². The van der Waals surface area contributed by atoms with Crippen molar-refractivity contribution in [3.05, 3.63) is 58.0 Å². The molecule has 1 aromatic heterocycles. The van der Waals surface area contributed by atoms with Crippen LogP contribution in [-0.4, -0.2) is 24.1 Å². The number of rotatable bonds is 6. The molecule has 0 aliphatic carbocycles. The summed E-state index contributed by atoms with van der Waals surface area (Å²) in [5.41, 5.74) is 4.00. The summed E-state index contributed by atoms with van der Waals surface area (Å²) >= 11 is 3.19. The fourth-order valence-corrected chi connectivity index (χ4v) is 2.41. The van der Waals surface area contributed by atoms with Crippen LogP contribution in [0.2, 0.25) is 0 Å². The monoisotopic (exact) mass is 405 g/mol. The SMILES string of the molecule is Cc1ccc(C(=O)NC(C(=O)N/N=C\c2ccc(Br)o2)C(C)C)cc1. The molecule has 0 saturated carbocycles. The number of nitrogens with zero attached hydrogens (tertiary/aromatic N) is 1. The van der Waals surface area contributed by atoms with Crippen LogP contribution in [0.1, 0.15) is 35.5 Å². The summed E-state index contributed by atoms with van der Waals surface area (Å²) < 4.78 is 5.83. The standard InChI is InChI=1S/C18H20BrN3O3/c1-11(2)16(21-17(23)13-6-4-12(3)5-7-13)18(24)22-20-10-14-8-9-15(19)25-14/h4-11,16H,1-3H3,(H,21,23)(H,22,24)/b20-10-. The Labute approximate surface area is 154 Å². The highest BCUT2D eigenvalue weighted by Crippen LogP contribution is 2.12. The highest BCUT2D eigenvalue weighted by Gasteiger charge is 2.24. The third-order valence-corrected chi connectivity index (χ3v) is 3.94. The zero-order chi connectivity index (χ0) is 18.4. The van der Waals surface area contributed by atoms with E-state index in [2.05, 4.69) is 31.8 Å². The Morgan fingerprint density at radius 1 is 1.16 bits per heavy atom. The molecule has 2 amide bonds. The molecular weight excluding hydrogens is 386 g/mol. The molecule has 25 heavy (non-hydrogen) atoms. The third kappa shape index (κ3) is 5.56. The molecule has 0 aliphatic rings. The van der Waals surface area contributed by atoms with Crippen molar-refractivity contribution >= 4 is 34.0 Å². The van der Waals surface area contributed by atoms with Crippen LogP contribution < -0.4 is 10.7 Å². The molecule has 0 saturated heterocycles. The van der Waals surface area contributed by atoms with E-state index >= 15 is 0 Å². The number of aryl methyl sites for hydroxylation is 1. The maximum Gasteiger partial charge on any atom is 0.262 e. The lowest BCUT2D eigenvalue weighted by atomic mass is 10.0. The molecule has 1 atom stereocenters. The molecule has 0 aliphatic heterocycles. The maximum absolute atomic E-state index is 12.3. The van der Waals surface area contributed by atoms with Crippen LogP contribution in [0, 0.1) is 12.8 Å². The Morgan fingerprint density at radius 3 is 2.40 bits per heavy atom. The summed E-state index contributed by atoms with van der Waals surface area (Å²) in [7, 11) is 0. The summed E-state index contributed by atoms with van der Waals surface area (Å²) in [5, 5.41) is 6.61. The molecule has 0 radical (unpaired) electrons. The number of hydrogen-bond acceptors (Lipinski definition) is 4. The molecule has 2 N–H and O–H groups in total. The van der Waals surface area contributed by atoms with Gasteiger partial charge in [0.2, 0.25) is 0 Å². The number of hydrazone groups is 1. The molecule has 0 bridgehead atoms. The van der Waals surface area contributed by atoms with Gasteiger partial charge in [-0.2, -0.15) is 5.10 Å². The molecule has 2 rings (SSSR count). The molecular formula is C18H20BrN3O3. The van der Waals surface area contributed by atoms with E-state index in [0.29, 0.717) is 16.0 Å². The summed E-state index contributed by atoms with van der Waals surface area (Å²) in [5.74, 6) is -0.288. The maximum atomic E-state index is 12.3. The van der Waals surface area contributed by atoms with Gasteiger partial charge in [-0.05, 0) is 53.0 Å². The van der Waals surface area contributed by atoms with Gasteiger partial charge in [0.1, 0.15) is 11.8 Å². The summed E-state index contributed by atoms with van der Waals surface area (Å²) in [6.07, 6.45) is 1.39. The number of halogens is 1. The molecule has 1 unspecified atom stereocenters. The first-order chi connectivity index (χ1) is 11.9.